The van der Waals surface area contributed by atoms with Crippen molar-refractivity contribution in [2.24, 2.45) is 0 Å². The summed E-state index contributed by atoms with van der Waals surface area (Å²) in [6.45, 7) is 3.09. The van der Waals surface area contributed by atoms with E-state index in [-0.39, 0.29) is 16.1 Å². The van der Waals surface area contributed by atoms with Gasteiger partial charge >= 0.3 is 0 Å². The van der Waals surface area contributed by atoms with Gasteiger partial charge in [-0.2, -0.15) is 0 Å². The minimum Gasteiger partial charge on any atom is -0.294 e. The first-order valence-electron chi connectivity index (χ1n) is 3.23. The molecule has 0 spiro atoms. The van der Waals surface area contributed by atoms with E-state index in [1.54, 1.807) is 6.92 Å². The fourth-order valence-electron chi connectivity index (χ4n) is 0.880. The van der Waals surface area contributed by atoms with Crippen molar-refractivity contribution in [1.29, 1.82) is 0 Å². The van der Waals surface area contributed by atoms with Crippen LogP contribution in [0.1, 0.15) is 22.8 Å². The highest BCUT2D eigenvalue weighted by molar-refractivity contribution is 6.34. The van der Waals surface area contributed by atoms with Crippen molar-refractivity contribution in [2.75, 3.05) is 0 Å². The lowest BCUT2D eigenvalue weighted by Gasteiger charge is -2.02. The minimum atomic E-state index is -0.158. The molecule has 0 atom stereocenters. The first kappa shape index (κ1) is 9.42. The molecule has 0 saturated heterocycles. The van der Waals surface area contributed by atoms with Crippen molar-refractivity contribution in [2.45, 2.75) is 13.8 Å². The molecule has 0 aromatic carbocycles. The lowest BCUT2D eigenvalue weighted by molar-refractivity contribution is 0.101. The van der Waals surface area contributed by atoms with Gasteiger partial charge in [-0.25, -0.2) is 0 Å². The third-order valence-electron chi connectivity index (χ3n) is 1.47. The molecule has 1 rings (SSSR count). The van der Waals surface area contributed by atoms with Crippen LogP contribution in [0.25, 0.3) is 0 Å². The van der Waals surface area contributed by atoms with E-state index in [0.29, 0.717) is 11.1 Å². The third kappa shape index (κ3) is 1.57. The molecule has 3 nitrogen and oxygen atoms in total. The molecule has 0 saturated carbocycles. The summed E-state index contributed by atoms with van der Waals surface area (Å²) in [5.74, 6) is -0.158. The summed E-state index contributed by atoms with van der Waals surface area (Å²) < 4.78 is 0. The van der Waals surface area contributed by atoms with Gasteiger partial charge in [0.2, 0.25) is 0 Å². The largest absolute Gasteiger partial charge is 0.294 e. The van der Waals surface area contributed by atoms with E-state index in [1.807, 2.05) is 0 Å². The summed E-state index contributed by atoms with van der Waals surface area (Å²) in [5, 5.41) is 7.39. The van der Waals surface area contributed by atoms with E-state index in [9.17, 15) is 4.79 Å². The molecule has 0 radical (unpaired) electrons. The lowest BCUT2D eigenvalue weighted by atomic mass is 10.1. The number of hydrogen-bond donors (Lipinski definition) is 0. The minimum absolute atomic E-state index is 0.101. The highest BCUT2D eigenvalue weighted by Gasteiger charge is 2.13. The van der Waals surface area contributed by atoms with Crippen LogP contribution in [-0.4, -0.2) is 16.0 Å². The zero-order valence-corrected chi connectivity index (χ0v) is 8.07. The first-order chi connectivity index (χ1) is 5.54. The molecule has 12 heavy (non-hydrogen) atoms. The van der Waals surface area contributed by atoms with Gasteiger partial charge in [0.1, 0.15) is 0 Å². The van der Waals surface area contributed by atoms with Gasteiger partial charge in [-0.3, -0.25) is 4.79 Å². The second-order valence-corrected chi connectivity index (χ2v) is 3.05. The number of nitrogens with zero attached hydrogens (tertiary/aromatic N) is 2. The van der Waals surface area contributed by atoms with Crippen LogP contribution >= 0.6 is 23.2 Å². The van der Waals surface area contributed by atoms with Crippen LogP contribution in [0.5, 0.6) is 0 Å². The van der Waals surface area contributed by atoms with Gasteiger partial charge in [0.15, 0.2) is 16.1 Å². The normalized spacial score (nSPS) is 10.0. The molecular weight excluding hydrogens is 199 g/mol. The summed E-state index contributed by atoms with van der Waals surface area (Å²) in [7, 11) is 0. The molecule has 0 aliphatic rings. The van der Waals surface area contributed by atoms with Crippen molar-refractivity contribution in [3.63, 3.8) is 0 Å². The second kappa shape index (κ2) is 3.37. The molecule has 0 aliphatic carbocycles. The van der Waals surface area contributed by atoms with Crippen molar-refractivity contribution in [3.8, 4) is 0 Å². The quantitative estimate of drug-likeness (QED) is 0.660. The highest BCUT2D eigenvalue weighted by Crippen LogP contribution is 2.21. The van der Waals surface area contributed by atoms with Gasteiger partial charge in [-0.05, 0) is 13.8 Å². The molecule has 0 fully saturated rings. The Hall–Kier alpha value is -0.670. The Bertz CT molecular complexity index is 338. The Kier molecular flexibility index (Phi) is 2.65. The Morgan fingerprint density at radius 3 is 2.17 bits per heavy atom. The van der Waals surface area contributed by atoms with Crippen LogP contribution in [-0.2, 0) is 0 Å². The molecule has 64 valence electrons. The fourth-order valence-corrected chi connectivity index (χ4v) is 1.32. The fraction of sp³-hybridized carbons (Fsp3) is 0.286. The number of carbonyl (C=O) groups is 1. The number of halogens is 2. The Labute approximate surface area is 79.7 Å². The van der Waals surface area contributed by atoms with Crippen LogP contribution in [0, 0.1) is 6.92 Å². The lowest BCUT2D eigenvalue weighted by Crippen LogP contribution is -2.02. The molecule has 1 aromatic heterocycles. The third-order valence-corrected chi connectivity index (χ3v) is 2.09. The summed E-state index contributed by atoms with van der Waals surface area (Å²) in [6, 6.07) is 0. The van der Waals surface area contributed by atoms with Crippen LogP contribution in [0.4, 0.5) is 0 Å². The highest BCUT2D eigenvalue weighted by atomic mass is 35.5. The predicted octanol–water partition coefficient (Wildman–Crippen LogP) is 2.29. The summed E-state index contributed by atoms with van der Waals surface area (Å²) >= 11 is 11.3. The maximum absolute atomic E-state index is 11.0. The maximum atomic E-state index is 11.0. The average Bonchev–Trinajstić information content (AvgIpc) is 1.97. The van der Waals surface area contributed by atoms with Crippen molar-refractivity contribution in [3.05, 3.63) is 21.4 Å². The predicted molar refractivity (Wildman–Crippen MR) is 46.8 cm³/mol. The first-order valence-corrected chi connectivity index (χ1v) is 3.99. The van der Waals surface area contributed by atoms with Crippen molar-refractivity contribution < 1.29 is 4.79 Å². The van der Waals surface area contributed by atoms with Crippen LogP contribution < -0.4 is 0 Å². The number of Topliss-reactive ketones (excluding diaryl/α,β-unsaturated/α-hetero) is 1. The topological polar surface area (TPSA) is 42.9 Å². The number of carbonyl (C=O) groups excluding carboxylic acids is 1. The Morgan fingerprint density at radius 1 is 1.25 bits per heavy atom. The molecule has 1 heterocycles. The number of ketones is 1. The van der Waals surface area contributed by atoms with Crippen molar-refractivity contribution in [1.82, 2.24) is 10.2 Å². The maximum Gasteiger partial charge on any atom is 0.163 e. The summed E-state index contributed by atoms with van der Waals surface area (Å²) in [4.78, 5) is 11.0. The Morgan fingerprint density at radius 2 is 1.75 bits per heavy atom. The number of hydrogen-bond acceptors (Lipinski definition) is 3. The van der Waals surface area contributed by atoms with E-state index in [1.165, 1.54) is 6.92 Å². The smallest absolute Gasteiger partial charge is 0.163 e. The Balaban J connectivity index is 3.43. The van der Waals surface area contributed by atoms with Gasteiger partial charge < -0.3 is 0 Å². The van der Waals surface area contributed by atoms with E-state index in [2.05, 4.69) is 10.2 Å². The monoisotopic (exact) mass is 204 g/mol. The van der Waals surface area contributed by atoms with Crippen LogP contribution in [0.3, 0.4) is 0 Å². The van der Waals surface area contributed by atoms with E-state index >= 15 is 0 Å². The molecule has 0 amide bonds. The van der Waals surface area contributed by atoms with Gasteiger partial charge in [-0.15, -0.1) is 10.2 Å². The summed E-state index contributed by atoms with van der Waals surface area (Å²) in [5.41, 5.74) is 0.917. The second-order valence-electron chi connectivity index (χ2n) is 2.34. The molecule has 0 N–H and O–H groups in total. The standard InChI is InChI=1S/C7H6Cl2N2O/c1-3-5(4(2)12)7(9)11-10-6(3)8/h1-2H3. The van der Waals surface area contributed by atoms with Crippen molar-refractivity contribution >= 4 is 29.0 Å². The van der Waals surface area contributed by atoms with Crippen LogP contribution in [0.15, 0.2) is 0 Å². The SMILES string of the molecule is CC(=O)c1c(Cl)nnc(Cl)c1C. The average molecular weight is 205 g/mol. The van der Waals surface area contributed by atoms with E-state index < -0.39 is 0 Å². The molecule has 1 aromatic rings. The zero-order valence-electron chi connectivity index (χ0n) is 6.56. The summed E-state index contributed by atoms with van der Waals surface area (Å²) in [6.07, 6.45) is 0. The van der Waals surface area contributed by atoms with E-state index in [4.69, 9.17) is 23.2 Å². The number of rotatable bonds is 1. The molecule has 0 bridgehead atoms. The molecular formula is C7H6Cl2N2O. The molecule has 0 aliphatic heterocycles. The molecule has 0 unspecified atom stereocenters. The zero-order chi connectivity index (χ0) is 9.30. The van der Waals surface area contributed by atoms with Crippen LogP contribution in [0.2, 0.25) is 10.3 Å². The van der Waals surface area contributed by atoms with Gasteiger partial charge in [0, 0.05) is 5.56 Å². The van der Waals surface area contributed by atoms with Gasteiger partial charge in [0.25, 0.3) is 0 Å². The van der Waals surface area contributed by atoms with Gasteiger partial charge in [0.05, 0.1) is 5.56 Å². The van der Waals surface area contributed by atoms with Gasteiger partial charge in [-0.1, -0.05) is 23.2 Å². The van der Waals surface area contributed by atoms with E-state index in [0.717, 1.165) is 0 Å². The molecule has 5 heteroatoms. The number of aromatic nitrogens is 2.